The van der Waals surface area contributed by atoms with Gasteiger partial charge in [-0.15, -0.1) is 6.58 Å². The van der Waals surface area contributed by atoms with Gasteiger partial charge in [-0.05, 0) is 52.7 Å². The van der Waals surface area contributed by atoms with E-state index in [2.05, 4.69) is 27.8 Å². The van der Waals surface area contributed by atoms with Gasteiger partial charge in [-0.25, -0.2) is 13.2 Å². The smallest absolute Gasteiger partial charge is 0.315 e. The number of piperidine rings is 1. The Hall–Kier alpha value is -4.29. The number of fused-ring (bicyclic) bond motifs is 1. The average molecular weight is 756 g/mol. The van der Waals surface area contributed by atoms with E-state index in [1.165, 1.54) is 42.3 Å². The van der Waals surface area contributed by atoms with Crippen LogP contribution in [0.1, 0.15) is 80.7 Å². The maximum absolute atomic E-state index is 14.4. The van der Waals surface area contributed by atoms with Gasteiger partial charge in [0, 0.05) is 32.7 Å². The lowest BCUT2D eigenvalue weighted by Crippen LogP contribution is -2.62. The van der Waals surface area contributed by atoms with Gasteiger partial charge >= 0.3 is 6.03 Å². The summed E-state index contributed by atoms with van der Waals surface area (Å²) in [7, 11) is -2.63. The molecule has 1 heterocycles. The molecule has 0 spiro atoms. The van der Waals surface area contributed by atoms with E-state index in [0.29, 0.717) is 6.42 Å². The van der Waals surface area contributed by atoms with Gasteiger partial charge in [-0.1, -0.05) is 80.9 Å². The first-order valence-electron chi connectivity index (χ1n) is 18.0. The normalized spacial score (nSPS) is 20.9. The first-order chi connectivity index (χ1) is 24.4. The zero-order valence-corrected chi connectivity index (χ0v) is 33.5. The number of rotatable bonds is 15. The fourth-order valence-electron chi connectivity index (χ4n) is 6.98. The molecular formula is C38H57N7O7S. The number of nitrogens with zero attached hydrogens (tertiary/aromatic N) is 3. The predicted molar refractivity (Wildman–Crippen MR) is 200 cm³/mol. The standard InChI is InChI=1S/C38H57N7O7S/c1-12-15-26(30(46)33(48)40-18-13-2)41-32(47)29-28-25(38(28,9)10)21-45(29)34(49)31(37(6,7)8)43-35(50)42-27(36(3,4)5)22-44(11)53(51,52)24-17-14-16-23(19-24)20-39/h13-14,16-17,19,25-29,31H,2,12,15,18,21-22H2,1,3-11H3,(H,40,48)(H,41,47)(H2,42,43,50)/t25-,26?,27+,28-,29-,31+/m0/s1. The summed E-state index contributed by atoms with van der Waals surface area (Å²) in [4.78, 5) is 69.1. The van der Waals surface area contributed by atoms with Gasteiger partial charge in [-0.3, -0.25) is 19.2 Å². The number of ketones is 1. The summed E-state index contributed by atoms with van der Waals surface area (Å²) in [6.07, 6.45) is 2.20. The Morgan fingerprint density at radius 3 is 2.26 bits per heavy atom. The number of sulfonamides is 1. The lowest BCUT2D eigenvalue weighted by atomic mass is 9.85. The second-order valence-electron chi connectivity index (χ2n) is 16.9. The molecule has 6 atom stereocenters. The zero-order valence-electron chi connectivity index (χ0n) is 32.7. The number of nitrogens with one attached hydrogen (secondary N) is 4. The molecular weight excluding hydrogens is 699 g/mol. The summed E-state index contributed by atoms with van der Waals surface area (Å²) in [6, 6.07) is 3.12. The van der Waals surface area contributed by atoms with E-state index in [9.17, 15) is 37.7 Å². The molecule has 1 saturated carbocycles. The molecule has 292 valence electrons. The van der Waals surface area contributed by atoms with Crippen molar-refractivity contribution < 1.29 is 32.4 Å². The second-order valence-corrected chi connectivity index (χ2v) is 18.9. The molecule has 2 aliphatic rings. The van der Waals surface area contributed by atoms with E-state index in [1.54, 1.807) is 20.8 Å². The van der Waals surface area contributed by atoms with Crippen LogP contribution >= 0.6 is 0 Å². The SMILES string of the molecule is C=CCNC(=O)C(=O)C(CCC)NC(=O)[C@@H]1[C@@H]2[C@H](CN1C(=O)[C@@H](NC(=O)N[C@H](CN(C)S(=O)(=O)c1cccc(C#N)c1)C(C)(C)C)C(C)(C)C)C2(C)C. The molecule has 53 heavy (non-hydrogen) atoms. The summed E-state index contributed by atoms with van der Waals surface area (Å²) in [5.41, 5.74) is -1.49. The molecule has 3 rings (SSSR count). The topological polar surface area (TPSA) is 198 Å². The van der Waals surface area contributed by atoms with Crippen LogP contribution in [-0.4, -0.2) is 98.0 Å². The van der Waals surface area contributed by atoms with Crippen molar-refractivity contribution in [1.82, 2.24) is 30.5 Å². The highest BCUT2D eigenvalue weighted by molar-refractivity contribution is 7.89. The number of carbonyl (C=O) groups is 5. The van der Waals surface area contributed by atoms with Crippen molar-refractivity contribution in [1.29, 1.82) is 5.26 Å². The minimum absolute atomic E-state index is 0.0180. The van der Waals surface area contributed by atoms with Crippen LogP contribution in [0.4, 0.5) is 4.79 Å². The van der Waals surface area contributed by atoms with Crippen molar-refractivity contribution in [3.63, 3.8) is 0 Å². The number of carbonyl (C=O) groups excluding carboxylic acids is 5. The van der Waals surface area contributed by atoms with E-state index in [0.717, 1.165) is 4.31 Å². The van der Waals surface area contributed by atoms with Gasteiger partial charge in [-0.2, -0.15) is 9.57 Å². The molecule has 1 unspecified atom stereocenters. The molecule has 2 fully saturated rings. The maximum atomic E-state index is 14.4. The number of likely N-dealkylation sites (N-methyl/N-ethyl adjacent to an activating group) is 1. The Morgan fingerprint density at radius 2 is 1.72 bits per heavy atom. The third-order valence-corrected chi connectivity index (χ3v) is 12.3. The van der Waals surface area contributed by atoms with Crippen LogP contribution in [0, 0.1) is 39.4 Å². The minimum atomic E-state index is -4.02. The number of hydrogen-bond acceptors (Lipinski definition) is 8. The van der Waals surface area contributed by atoms with Crippen LogP contribution in [0.3, 0.4) is 0 Å². The highest BCUT2D eigenvalue weighted by Crippen LogP contribution is 2.65. The number of Topliss-reactive ketones (excluding diaryl/α,β-unsaturated/α-hetero) is 1. The van der Waals surface area contributed by atoms with Crippen molar-refractivity contribution >= 4 is 39.6 Å². The maximum Gasteiger partial charge on any atom is 0.315 e. The molecule has 15 heteroatoms. The first kappa shape index (κ1) is 43.1. The van der Waals surface area contributed by atoms with Gasteiger partial charge in [0.05, 0.1) is 22.6 Å². The second kappa shape index (κ2) is 16.4. The molecule has 0 radical (unpaired) electrons. The molecule has 14 nitrogen and oxygen atoms in total. The highest BCUT2D eigenvalue weighted by Gasteiger charge is 2.70. The molecule has 1 saturated heterocycles. The van der Waals surface area contributed by atoms with E-state index in [-0.39, 0.29) is 53.8 Å². The molecule has 1 aromatic carbocycles. The van der Waals surface area contributed by atoms with E-state index >= 15 is 0 Å². The number of benzene rings is 1. The Morgan fingerprint density at radius 1 is 1.08 bits per heavy atom. The molecule has 0 bridgehead atoms. The van der Waals surface area contributed by atoms with Crippen molar-refractivity contribution in [2.75, 3.05) is 26.7 Å². The van der Waals surface area contributed by atoms with Crippen LogP contribution in [0.15, 0.2) is 41.8 Å². The zero-order chi connectivity index (χ0) is 40.3. The Bertz CT molecular complexity index is 1740. The summed E-state index contributed by atoms with van der Waals surface area (Å²) in [5, 5.41) is 20.2. The Balaban J connectivity index is 1.84. The van der Waals surface area contributed by atoms with Crippen molar-refractivity contribution in [3.05, 3.63) is 42.5 Å². The number of nitriles is 1. The third kappa shape index (κ3) is 9.83. The van der Waals surface area contributed by atoms with Crippen molar-refractivity contribution in [2.24, 2.45) is 28.1 Å². The summed E-state index contributed by atoms with van der Waals surface area (Å²) in [5.74, 6) is -2.79. The van der Waals surface area contributed by atoms with Gasteiger partial charge in [0.1, 0.15) is 12.1 Å². The molecule has 5 amide bonds. The number of hydrogen-bond donors (Lipinski definition) is 4. The average Bonchev–Trinajstić information content (AvgIpc) is 3.38. The van der Waals surface area contributed by atoms with Gasteiger partial charge in [0.2, 0.25) is 27.6 Å². The largest absolute Gasteiger partial charge is 0.346 e. The minimum Gasteiger partial charge on any atom is -0.346 e. The van der Waals surface area contributed by atoms with Gasteiger partial charge < -0.3 is 26.2 Å². The summed E-state index contributed by atoms with van der Waals surface area (Å²) in [6.45, 7) is 20.6. The van der Waals surface area contributed by atoms with E-state index in [1.807, 2.05) is 47.6 Å². The number of amides is 5. The van der Waals surface area contributed by atoms with Crippen LogP contribution in [0.5, 0.6) is 0 Å². The molecule has 4 N–H and O–H groups in total. The fraction of sp³-hybridized carbons (Fsp3) is 0.632. The fourth-order valence-corrected chi connectivity index (χ4v) is 8.21. The predicted octanol–water partition coefficient (Wildman–Crippen LogP) is 2.95. The van der Waals surface area contributed by atoms with Gasteiger partial charge in [0.15, 0.2) is 0 Å². The lowest BCUT2D eigenvalue weighted by molar-refractivity contribution is -0.145. The summed E-state index contributed by atoms with van der Waals surface area (Å²) < 4.78 is 28.0. The van der Waals surface area contributed by atoms with Gasteiger partial charge in [0.25, 0.3) is 5.91 Å². The third-order valence-electron chi connectivity index (χ3n) is 10.5. The van der Waals surface area contributed by atoms with Crippen molar-refractivity contribution in [3.8, 4) is 6.07 Å². The Kier molecular flexibility index (Phi) is 13.3. The first-order valence-corrected chi connectivity index (χ1v) is 19.4. The van der Waals surface area contributed by atoms with E-state index in [4.69, 9.17) is 0 Å². The van der Waals surface area contributed by atoms with Crippen LogP contribution in [-0.2, 0) is 29.2 Å². The van der Waals surface area contributed by atoms with Crippen LogP contribution < -0.4 is 21.3 Å². The van der Waals surface area contributed by atoms with Crippen LogP contribution in [0.25, 0.3) is 0 Å². The lowest BCUT2D eigenvalue weighted by Gasteiger charge is -2.39. The molecule has 0 aromatic heterocycles. The summed E-state index contributed by atoms with van der Waals surface area (Å²) >= 11 is 0. The quantitative estimate of drug-likeness (QED) is 0.155. The monoisotopic (exact) mass is 755 g/mol. The number of likely N-dealkylation sites (tertiary alicyclic amines) is 1. The van der Waals surface area contributed by atoms with E-state index < -0.39 is 74.6 Å². The number of urea groups is 1. The molecule has 1 aliphatic heterocycles. The highest BCUT2D eigenvalue weighted by atomic mass is 32.2. The Labute approximate surface area is 314 Å². The molecule has 1 aliphatic carbocycles. The molecule has 1 aromatic rings. The van der Waals surface area contributed by atoms with Crippen molar-refractivity contribution in [2.45, 2.75) is 104 Å². The van der Waals surface area contributed by atoms with Crippen LogP contribution in [0.2, 0.25) is 0 Å².